The fourth-order valence-corrected chi connectivity index (χ4v) is 3.79. The quantitative estimate of drug-likeness (QED) is 0.666. The lowest BCUT2D eigenvalue weighted by Crippen LogP contribution is -2.20. The van der Waals surface area contributed by atoms with Gasteiger partial charge >= 0.3 is 0 Å². The van der Waals surface area contributed by atoms with E-state index in [2.05, 4.69) is 37.3 Å². The van der Waals surface area contributed by atoms with Crippen LogP contribution in [0.3, 0.4) is 0 Å². The summed E-state index contributed by atoms with van der Waals surface area (Å²) in [6, 6.07) is 0. The SMILES string of the molecule is CC=CC1C=Cc2c3c(c4c(c2O1)C(CCC)C=CO4)CC=C(C)O3. The molecule has 1 aromatic rings. The van der Waals surface area contributed by atoms with Gasteiger partial charge in [-0.15, -0.1) is 0 Å². The molecule has 1 aromatic carbocycles. The molecule has 130 valence electrons. The highest BCUT2D eigenvalue weighted by Gasteiger charge is 2.34. The maximum absolute atomic E-state index is 6.36. The molecule has 0 saturated carbocycles. The van der Waals surface area contributed by atoms with E-state index >= 15 is 0 Å². The molecule has 3 aliphatic rings. The van der Waals surface area contributed by atoms with E-state index < -0.39 is 0 Å². The molecule has 2 unspecified atom stereocenters. The van der Waals surface area contributed by atoms with Crippen LogP contribution in [0.5, 0.6) is 17.2 Å². The van der Waals surface area contributed by atoms with Crippen LogP contribution in [-0.4, -0.2) is 6.10 Å². The first-order valence-electron chi connectivity index (χ1n) is 9.11. The summed E-state index contributed by atoms with van der Waals surface area (Å²) >= 11 is 0. The summed E-state index contributed by atoms with van der Waals surface area (Å²) in [6.07, 6.45) is 17.4. The van der Waals surface area contributed by atoms with Crippen LogP contribution in [0.4, 0.5) is 0 Å². The topological polar surface area (TPSA) is 27.7 Å². The zero-order valence-electron chi connectivity index (χ0n) is 15.0. The molecule has 4 rings (SSSR count). The molecular weight excluding hydrogens is 312 g/mol. The van der Waals surface area contributed by atoms with E-state index in [1.807, 2.05) is 26.2 Å². The van der Waals surface area contributed by atoms with Gasteiger partial charge in [0.25, 0.3) is 0 Å². The first-order valence-corrected chi connectivity index (χ1v) is 9.11. The maximum Gasteiger partial charge on any atom is 0.145 e. The molecule has 0 radical (unpaired) electrons. The first-order chi connectivity index (χ1) is 12.2. The van der Waals surface area contributed by atoms with Crippen molar-refractivity contribution in [1.82, 2.24) is 0 Å². The number of fused-ring (bicyclic) bond motifs is 6. The first kappa shape index (κ1) is 16.1. The van der Waals surface area contributed by atoms with E-state index in [0.29, 0.717) is 5.92 Å². The standard InChI is InChI=1S/C22H24O3/c1-4-6-15-12-13-23-21-17-10-8-14(3)24-20(17)18-11-9-16(7-5-2)25-22(18)19(15)21/h5,7-9,11-13,15-16H,4,6,10H2,1-3H3. The Hall–Kier alpha value is -2.42. The Kier molecular flexibility index (Phi) is 4.16. The Labute approximate surface area is 149 Å². The summed E-state index contributed by atoms with van der Waals surface area (Å²) in [6.45, 7) is 6.22. The lowest BCUT2D eigenvalue weighted by Gasteiger charge is -2.32. The Bertz CT molecular complexity index is 811. The maximum atomic E-state index is 6.36. The van der Waals surface area contributed by atoms with Crippen molar-refractivity contribution in [3.05, 3.63) is 59.1 Å². The lowest BCUT2D eigenvalue weighted by molar-refractivity contribution is 0.280. The Morgan fingerprint density at radius 1 is 1.20 bits per heavy atom. The number of allylic oxidation sites excluding steroid dienone is 4. The molecule has 0 amide bonds. The largest absolute Gasteiger partial charge is 0.481 e. The molecule has 0 bridgehead atoms. The Morgan fingerprint density at radius 3 is 2.88 bits per heavy atom. The normalized spacial score (nSPS) is 23.1. The average molecular weight is 336 g/mol. The zero-order chi connectivity index (χ0) is 17.4. The fraction of sp³-hybridized carbons (Fsp3) is 0.364. The summed E-state index contributed by atoms with van der Waals surface area (Å²) in [7, 11) is 0. The minimum atomic E-state index is -0.0481. The molecular formula is C22H24O3. The smallest absolute Gasteiger partial charge is 0.145 e. The summed E-state index contributed by atoms with van der Waals surface area (Å²) < 4.78 is 18.4. The van der Waals surface area contributed by atoms with Crippen molar-refractivity contribution in [3.63, 3.8) is 0 Å². The number of rotatable bonds is 3. The van der Waals surface area contributed by atoms with Crippen molar-refractivity contribution >= 4 is 6.08 Å². The highest BCUT2D eigenvalue weighted by atomic mass is 16.5. The zero-order valence-corrected chi connectivity index (χ0v) is 15.0. The molecule has 0 spiro atoms. The minimum Gasteiger partial charge on any atom is -0.481 e. The van der Waals surface area contributed by atoms with Crippen LogP contribution in [0, 0.1) is 0 Å². The second kappa shape index (κ2) is 6.47. The van der Waals surface area contributed by atoms with Crippen molar-refractivity contribution in [1.29, 1.82) is 0 Å². The highest BCUT2D eigenvalue weighted by Crippen LogP contribution is 2.53. The second-order valence-electron chi connectivity index (χ2n) is 6.72. The van der Waals surface area contributed by atoms with E-state index in [-0.39, 0.29) is 6.10 Å². The average Bonchev–Trinajstić information content (AvgIpc) is 2.62. The van der Waals surface area contributed by atoms with Crippen LogP contribution in [0.1, 0.15) is 56.2 Å². The van der Waals surface area contributed by atoms with Gasteiger partial charge in [0.2, 0.25) is 0 Å². The molecule has 0 saturated heterocycles. The van der Waals surface area contributed by atoms with E-state index in [1.54, 1.807) is 0 Å². The van der Waals surface area contributed by atoms with Gasteiger partial charge in [-0.1, -0.05) is 19.4 Å². The van der Waals surface area contributed by atoms with E-state index in [0.717, 1.165) is 53.4 Å². The van der Waals surface area contributed by atoms with Crippen LogP contribution in [0.25, 0.3) is 6.08 Å². The van der Waals surface area contributed by atoms with Gasteiger partial charge in [-0.05, 0) is 50.6 Å². The third-order valence-corrected chi connectivity index (χ3v) is 4.94. The number of hydrogen-bond acceptors (Lipinski definition) is 3. The number of ether oxygens (including phenoxy) is 3. The van der Waals surface area contributed by atoms with Crippen LogP contribution in [0.2, 0.25) is 0 Å². The molecule has 0 aliphatic carbocycles. The fourth-order valence-electron chi connectivity index (χ4n) is 3.79. The third kappa shape index (κ3) is 2.68. The van der Waals surface area contributed by atoms with Gasteiger partial charge in [-0.3, -0.25) is 0 Å². The van der Waals surface area contributed by atoms with Crippen molar-refractivity contribution in [3.8, 4) is 17.2 Å². The van der Waals surface area contributed by atoms with Crippen molar-refractivity contribution in [2.75, 3.05) is 0 Å². The summed E-state index contributed by atoms with van der Waals surface area (Å²) in [5.41, 5.74) is 3.35. The number of benzene rings is 1. The summed E-state index contributed by atoms with van der Waals surface area (Å²) in [5.74, 6) is 3.96. The predicted molar refractivity (Wildman–Crippen MR) is 100 cm³/mol. The van der Waals surface area contributed by atoms with Crippen LogP contribution in [-0.2, 0) is 6.42 Å². The predicted octanol–water partition coefficient (Wildman–Crippen LogP) is 5.67. The van der Waals surface area contributed by atoms with E-state index in [1.165, 1.54) is 5.56 Å². The third-order valence-electron chi connectivity index (χ3n) is 4.94. The molecule has 3 aliphatic heterocycles. The molecule has 0 aromatic heterocycles. The van der Waals surface area contributed by atoms with Gasteiger partial charge in [0, 0.05) is 23.5 Å². The van der Waals surface area contributed by atoms with Crippen molar-refractivity contribution < 1.29 is 14.2 Å². The van der Waals surface area contributed by atoms with Crippen molar-refractivity contribution in [2.24, 2.45) is 0 Å². The molecule has 3 heterocycles. The lowest BCUT2D eigenvalue weighted by atomic mass is 9.85. The Balaban J connectivity index is 1.93. The second-order valence-corrected chi connectivity index (χ2v) is 6.72. The molecule has 3 heteroatoms. The molecule has 3 nitrogen and oxygen atoms in total. The molecule has 0 N–H and O–H groups in total. The molecule has 0 fully saturated rings. The monoisotopic (exact) mass is 336 g/mol. The van der Waals surface area contributed by atoms with Gasteiger partial charge < -0.3 is 14.2 Å². The van der Waals surface area contributed by atoms with Crippen molar-refractivity contribution in [2.45, 2.75) is 52.1 Å². The van der Waals surface area contributed by atoms with Gasteiger partial charge in [0.15, 0.2) is 0 Å². The van der Waals surface area contributed by atoms with Crippen LogP contribution in [0.15, 0.2) is 42.4 Å². The van der Waals surface area contributed by atoms with Gasteiger partial charge in [-0.2, -0.15) is 0 Å². The van der Waals surface area contributed by atoms with E-state index in [9.17, 15) is 0 Å². The van der Waals surface area contributed by atoms with Gasteiger partial charge in [-0.25, -0.2) is 0 Å². The summed E-state index contributed by atoms with van der Waals surface area (Å²) in [4.78, 5) is 0. The summed E-state index contributed by atoms with van der Waals surface area (Å²) in [5, 5.41) is 0. The van der Waals surface area contributed by atoms with Crippen LogP contribution >= 0.6 is 0 Å². The van der Waals surface area contributed by atoms with E-state index in [4.69, 9.17) is 14.2 Å². The molecule has 25 heavy (non-hydrogen) atoms. The van der Waals surface area contributed by atoms with Gasteiger partial charge in [0.1, 0.15) is 23.4 Å². The Morgan fingerprint density at radius 2 is 2.08 bits per heavy atom. The highest BCUT2D eigenvalue weighted by molar-refractivity contribution is 5.77. The molecule has 2 atom stereocenters. The van der Waals surface area contributed by atoms with Gasteiger partial charge in [0.05, 0.1) is 17.6 Å². The minimum absolute atomic E-state index is 0.0481. The van der Waals surface area contributed by atoms with Crippen LogP contribution < -0.4 is 14.2 Å². The number of hydrogen-bond donors (Lipinski definition) is 0.